The van der Waals surface area contributed by atoms with Crippen molar-refractivity contribution in [1.29, 1.82) is 0 Å². The summed E-state index contributed by atoms with van der Waals surface area (Å²) in [7, 11) is 0. The molecule has 1 heterocycles. The van der Waals surface area contributed by atoms with Crippen LogP contribution in [0, 0.1) is 0 Å². The van der Waals surface area contributed by atoms with E-state index in [0.29, 0.717) is 0 Å². The third kappa shape index (κ3) is 2.18. The van der Waals surface area contributed by atoms with E-state index in [-0.39, 0.29) is 5.41 Å². The maximum atomic E-state index is 6.61. The van der Waals surface area contributed by atoms with Crippen molar-refractivity contribution in [3.05, 3.63) is 66.2 Å². The molecular weight excluding hydrogens is 294 g/mol. The number of rotatable bonds is 1. The van der Waals surface area contributed by atoms with Gasteiger partial charge < -0.3 is 10.2 Å². The summed E-state index contributed by atoms with van der Waals surface area (Å²) in [5.74, 6) is 0. The summed E-state index contributed by atoms with van der Waals surface area (Å²) in [4.78, 5) is 0. The molecule has 0 spiro atoms. The summed E-state index contributed by atoms with van der Waals surface area (Å²) in [6, 6.07) is 20.6. The van der Waals surface area contributed by atoms with Gasteiger partial charge in [0.2, 0.25) is 0 Å². The van der Waals surface area contributed by atoms with Gasteiger partial charge in [-0.05, 0) is 23.1 Å². The number of hydrogen-bond acceptors (Lipinski definition) is 2. The van der Waals surface area contributed by atoms with E-state index in [9.17, 15) is 0 Å². The number of anilines is 1. The third-order valence-corrected chi connectivity index (χ3v) is 4.58. The van der Waals surface area contributed by atoms with Crippen molar-refractivity contribution in [3.8, 4) is 11.1 Å². The molecule has 2 heteroatoms. The first kappa shape index (κ1) is 14.8. The molecule has 0 unspecified atom stereocenters. The number of hydrogen-bond donors (Lipinski definition) is 1. The monoisotopic (exact) mass is 315 g/mol. The van der Waals surface area contributed by atoms with Crippen LogP contribution in [0.15, 0.2) is 65.1 Å². The quantitative estimate of drug-likeness (QED) is 0.429. The zero-order valence-corrected chi connectivity index (χ0v) is 14.3. The smallest absolute Gasteiger partial charge is 0.141 e. The van der Waals surface area contributed by atoms with E-state index in [1.807, 2.05) is 36.4 Å². The third-order valence-electron chi connectivity index (χ3n) is 4.58. The second kappa shape index (κ2) is 5.13. The number of nitrogen functional groups attached to an aromatic ring is 1. The molecule has 2 N–H and O–H groups in total. The molecule has 0 amide bonds. The minimum absolute atomic E-state index is 0.0383. The average molecular weight is 315 g/mol. The van der Waals surface area contributed by atoms with Gasteiger partial charge >= 0.3 is 0 Å². The van der Waals surface area contributed by atoms with Gasteiger partial charge in [-0.3, -0.25) is 0 Å². The highest BCUT2D eigenvalue weighted by atomic mass is 16.3. The first-order valence-corrected chi connectivity index (χ1v) is 8.26. The van der Waals surface area contributed by atoms with Gasteiger partial charge in [-0.25, -0.2) is 0 Å². The molecule has 0 atom stereocenters. The molecule has 0 saturated carbocycles. The minimum Gasteiger partial charge on any atom is -0.456 e. The van der Waals surface area contributed by atoms with Gasteiger partial charge in [0.25, 0.3) is 0 Å². The van der Waals surface area contributed by atoms with Crippen LogP contribution in [-0.2, 0) is 5.41 Å². The maximum absolute atomic E-state index is 6.61. The molecule has 0 saturated heterocycles. The number of furan rings is 1. The summed E-state index contributed by atoms with van der Waals surface area (Å²) < 4.78 is 6.20. The predicted molar refractivity (Wildman–Crippen MR) is 102 cm³/mol. The molecule has 1 aromatic heterocycles. The van der Waals surface area contributed by atoms with Crippen LogP contribution in [0.5, 0.6) is 0 Å². The van der Waals surface area contributed by atoms with Gasteiger partial charge in [-0.1, -0.05) is 69.3 Å². The Bertz CT molecular complexity index is 1040. The Morgan fingerprint density at radius 2 is 1.54 bits per heavy atom. The van der Waals surface area contributed by atoms with E-state index in [1.54, 1.807) is 0 Å². The first-order valence-electron chi connectivity index (χ1n) is 8.26. The summed E-state index contributed by atoms with van der Waals surface area (Å²) in [6.45, 7) is 6.62. The lowest BCUT2D eigenvalue weighted by molar-refractivity contribution is 0.573. The molecule has 120 valence electrons. The predicted octanol–water partition coefficient (Wildman–Crippen LogP) is 6.13. The van der Waals surface area contributed by atoms with Crippen molar-refractivity contribution >= 4 is 27.6 Å². The highest BCUT2D eigenvalue weighted by Crippen LogP contribution is 2.43. The van der Waals surface area contributed by atoms with Gasteiger partial charge in [0, 0.05) is 16.5 Å². The normalized spacial score (nSPS) is 12.1. The van der Waals surface area contributed by atoms with Crippen LogP contribution in [0.1, 0.15) is 26.3 Å². The highest BCUT2D eigenvalue weighted by Gasteiger charge is 2.24. The molecule has 3 aromatic carbocycles. The number of nitrogens with two attached hydrogens (primary N) is 1. The number of fused-ring (bicyclic) bond motifs is 3. The Kier molecular flexibility index (Phi) is 3.17. The molecule has 4 rings (SSSR count). The standard InChI is InChI=1S/C22H21NO/c1-22(2,3)17-13-16(14-9-5-4-6-10-14)20(23)19-15-11-7-8-12-18(15)24-21(17)19/h4-13H,23H2,1-3H3. The van der Waals surface area contributed by atoms with E-state index < -0.39 is 0 Å². The van der Waals surface area contributed by atoms with Crippen LogP contribution in [0.4, 0.5) is 5.69 Å². The van der Waals surface area contributed by atoms with E-state index in [2.05, 4.69) is 45.0 Å². The van der Waals surface area contributed by atoms with Crippen molar-refractivity contribution in [3.63, 3.8) is 0 Å². The summed E-state index contributed by atoms with van der Waals surface area (Å²) >= 11 is 0. The number of benzene rings is 3. The van der Waals surface area contributed by atoms with Crippen molar-refractivity contribution in [2.75, 3.05) is 5.73 Å². The van der Waals surface area contributed by atoms with Crippen molar-refractivity contribution in [2.24, 2.45) is 0 Å². The van der Waals surface area contributed by atoms with Gasteiger partial charge in [0.05, 0.1) is 11.1 Å². The molecule has 0 aliphatic carbocycles. The van der Waals surface area contributed by atoms with Crippen LogP contribution in [0.25, 0.3) is 33.1 Å². The van der Waals surface area contributed by atoms with Crippen LogP contribution < -0.4 is 5.73 Å². The van der Waals surface area contributed by atoms with Gasteiger partial charge in [0.15, 0.2) is 0 Å². The van der Waals surface area contributed by atoms with E-state index in [4.69, 9.17) is 10.2 Å². The summed E-state index contributed by atoms with van der Waals surface area (Å²) in [5.41, 5.74) is 12.5. The highest BCUT2D eigenvalue weighted by molar-refractivity contribution is 6.15. The van der Waals surface area contributed by atoms with Crippen LogP contribution in [0.2, 0.25) is 0 Å². The van der Waals surface area contributed by atoms with E-state index >= 15 is 0 Å². The fourth-order valence-corrected chi connectivity index (χ4v) is 3.34. The molecule has 4 aromatic rings. The van der Waals surface area contributed by atoms with Crippen molar-refractivity contribution < 1.29 is 4.42 Å². The Labute approximate surface area is 141 Å². The Morgan fingerprint density at radius 3 is 2.25 bits per heavy atom. The molecule has 0 aliphatic rings. The molecular formula is C22H21NO. The zero-order chi connectivity index (χ0) is 16.9. The van der Waals surface area contributed by atoms with Crippen LogP contribution >= 0.6 is 0 Å². The fraction of sp³-hybridized carbons (Fsp3) is 0.182. The van der Waals surface area contributed by atoms with E-state index in [0.717, 1.165) is 38.8 Å². The lowest BCUT2D eigenvalue weighted by Gasteiger charge is -2.21. The summed E-state index contributed by atoms with van der Waals surface area (Å²) in [5, 5.41) is 2.10. The number of para-hydroxylation sites is 1. The Hall–Kier alpha value is -2.74. The molecule has 24 heavy (non-hydrogen) atoms. The lowest BCUT2D eigenvalue weighted by atomic mass is 9.83. The maximum Gasteiger partial charge on any atom is 0.141 e. The second-order valence-corrected chi connectivity index (χ2v) is 7.30. The average Bonchev–Trinajstić information content (AvgIpc) is 2.94. The van der Waals surface area contributed by atoms with Gasteiger partial charge in [0.1, 0.15) is 11.2 Å². The van der Waals surface area contributed by atoms with Crippen molar-refractivity contribution in [1.82, 2.24) is 0 Å². The molecule has 0 radical (unpaired) electrons. The van der Waals surface area contributed by atoms with Gasteiger partial charge in [-0.2, -0.15) is 0 Å². The second-order valence-electron chi connectivity index (χ2n) is 7.30. The minimum atomic E-state index is -0.0383. The fourth-order valence-electron chi connectivity index (χ4n) is 3.34. The largest absolute Gasteiger partial charge is 0.456 e. The zero-order valence-electron chi connectivity index (χ0n) is 14.3. The van der Waals surface area contributed by atoms with Gasteiger partial charge in [-0.15, -0.1) is 0 Å². The Morgan fingerprint density at radius 1 is 0.875 bits per heavy atom. The first-order chi connectivity index (χ1) is 11.5. The van der Waals surface area contributed by atoms with Crippen LogP contribution in [0.3, 0.4) is 0 Å². The topological polar surface area (TPSA) is 39.2 Å². The molecule has 0 fully saturated rings. The van der Waals surface area contributed by atoms with Crippen molar-refractivity contribution in [2.45, 2.75) is 26.2 Å². The molecule has 0 aliphatic heterocycles. The summed E-state index contributed by atoms with van der Waals surface area (Å²) in [6.07, 6.45) is 0. The Balaban J connectivity index is 2.19. The van der Waals surface area contributed by atoms with Crippen LogP contribution in [-0.4, -0.2) is 0 Å². The lowest BCUT2D eigenvalue weighted by Crippen LogP contribution is -2.12. The SMILES string of the molecule is CC(C)(C)c1cc(-c2ccccc2)c(N)c2c1oc1ccccc12. The molecule has 2 nitrogen and oxygen atoms in total. The van der Waals surface area contributed by atoms with E-state index in [1.165, 1.54) is 5.56 Å². The molecule has 0 bridgehead atoms.